The number of nitrogens with zero attached hydrogens (tertiary/aromatic N) is 8. The molecule has 1 aliphatic carbocycles. The Morgan fingerprint density at radius 2 is 1.88 bits per heavy atom. The average Bonchev–Trinajstić information content (AvgIpc) is 3.74. The molecule has 2 N–H and O–H groups in total. The molecule has 1 aliphatic heterocycles. The monoisotopic (exact) mass is 711 g/mol. The molecular formula is C35H44F3N9O4. The normalized spacial score (nSPS) is 18.0. The summed E-state index contributed by atoms with van der Waals surface area (Å²) in [5.41, 5.74) is 1.50. The van der Waals surface area contributed by atoms with Crippen molar-refractivity contribution in [3.05, 3.63) is 36.3 Å². The number of methoxy groups -OCH3 is 1. The number of pyridine rings is 2. The van der Waals surface area contributed by atoms with E-state index in [1.165, 1.54) is 6.07 Å². The van der Waals surface area contributed by atoms with Gasteiger partial charge < -0.3 is 29.4 Å². The molecule has 0 amide bonds. The van der Waals surface area contributed by atoms with Gasteiger partial charge in [0, 0.05) is 70.0 Å². The number of ether oxygens (including phenoxy) is 2. The molecule has 5 heterocycles. The van der Waals surface area contributed by atoms with Crippen LogP contribution >= 0.6 is 0 Å². The third kappa shape index (κ3) is 8.17. The van der Waals surface area contributed by atoms with E-state index < -0.39 is 17.8 Å². The maximum atomic E-state index is 13.9. The van der Waals surface area contributed by atoms with Crippen molar-refractivity contribution in [2.45, 2.75) is 58.2 Å². The summed E-state index contributed by atoms with van der Waals surface area (Å²) in [5.74, 6) is 0.167. The second-order valence-electron chi connectivity index (χ2n) is 13.6. The number of nitrogens with one attached hydrogen (secondary N) is 1. The molecule has 1 atom stereocenters. The molecular weight excluding hydrogens is 667 g/mol. The number of alkyl halides is 3. The van der Waals surface area contributed by atoms with Gasteiger partial charge in [-0.2, -0.15) is 13.2 Å². The molecule has 274 valence electrons. The number of halogens is 3. The lowest BCUT2D eigenvalue weighted by Gasteiger charge is -2.40. The van der Waals surface area contributed by atoms with Gasteiger partial charge in [0.05, 0.1) is 43.4 Å². The molecule has 1 saturated carbocycles. The number of carboxylic acid groups (broad SMARTS) is 1. The molecule has 16 heteroatoms. The van der Waals surface area contributed by atoms with Crippen molar-refractivity contribution in [3.63, 3.8) is 0 Å². The summed E-state index contributed by atoms with van der Waals surface area (Å²) in [6, 6.07) is 4.33. The Hall–Kier alpha value is -4.57. The lowest BCUT2D eigenvalue weighted by molar-refractivity contribution is -0.141. The Bertz CT molecular complexity index is 1830. The molecule has 2 aliphatic rings. The summed E-state index contributed by atoms with van der Waals surface area (Å²) in [4.78, 5) is 43.3. The van der Waals surface area contributed by atoms with Crippen molar-refractivity contribution in [1.29, 1.82) is 0 Å². The zero-order valence-electron chi connectivity index (χ0n) is 29.3. The highest BCUT2D eigenvalue weighted by Crippen LogP contribution is 2.41. The van der Waals surface area contributed by atoms with Crippen LogP contribution in [0, 0.1) is 5.41 Å². The Morgan fingerprint density at radius 1 is 1.10 bits per heavy atom. The maximum absolute atomic E-state index is 13.9. The SMILES string of the molecule is CCOc1cc(-c2cc(N(C)CC3(COC)CCCC3)c3[nH]c(-c4cnc(N5CCN(CCC(=O)O)C[C@H]5C)cn4)nc3n2)cc(C(F)(F)F)n1. The van der Waals surface area contributed by atoms with Crippen LogP contribution in [0.3, 0.4) is 0 Å². The number of hydrogen-bond acceptors (Lipinski definition) is 11. The molecule has 13 nitrogen and oxygen atoms in total. The summed E-state index contributed by atoms with van der Waals surface area (Å²) < 4.78 is 52.8. The fourth-order valence-electron chi connectivity index (χ4n) is 7.35. The smallest absolute Gasteiger partial charge is 0.433 e. The van der Waals surface area contributed by atoms with E-state index in [-0.39, 0.29) is 35.9 Å². The number of aromatic amines is 1. The summed E-state index contributed by atoms with van der Waals surface area (Å²) in [6.45, 7) is 7.79. The van der Waals surface area contributed by atoms with Crippen molar-refractivity contribution in [2.24, 2.45) is 5.41 Å². The number of piperazine rings is 1. The predicted molar refractivity (Wildman–Crippen MR) is 186 cm³/mol. The molecule has 0 bridgehead atoms. The minimum atomic E-state index is -4.68. The van der Waals surface area contributed by atoms with Gasteiger partial charge in [-0.25, -0.2) is 24.9 Å². The van der Waals surface area contributed by atoms with E-state index in [9.17, 15) is 18.0 Å². The van der Waals surface area contributed by atoms with Crippen molar-refractivity contribution >= 4 is 28.6 Å². The number of carbonyl (C=O) groups is 1. The molecule has 2 fully saturated rings. The molecule has 4 aromatic rings. The number of hydrogen-bond donors (Lipinski definition) is 2. The molecule has 0 radical (unpaired) electrons. The fraction of sp³-hybridized carbons (Fsp3) is 0.543. The van der Waals surface area contributed by atoms with Crippen LogP contribution in [-0.2, 0) is 15.7 Å². The number of aliphatic carboxylic acids is 1. The quantitative estimate of drug-likeness (QED) is 0.180. The zero-order chi connectivity index (χ0) is 36.3. The van der Waals surface area contributed by atoms with Crippen LogP contribution in [0.2, 0.25) is 0 Å². The topological polar surface area (TPSA) is 146 Å². The van der Waals surface area contributed by atoms with Gasteiger partial charge in [-0.05, 0) is 38.8 Å². The Morgan fingerprint density at radius 3 is 2.53 bits per heavy atom. The van der Waals surface area contributed by atoms with E-state index >= 15 is 0 Å². The third-order valence-electron chi connectivity index (χ3n) is 9.75. The highest BCUT2D eigenvalue weighted by atomic mass is 19.4. The Labute approximate surface area is 294 Å². The van der Waals surface area contributed by atoms with E-state index in [0.29, 0.717) is 73.5 Å². The minimum Gasteiger partial charge on any atom is -0.481 e. The first-order valence-corrected chi connectivity index (χ1v) is 17.2. The molecule has 1 saturated heterocycles. The van der Waals surface area contributed by atoms with Gasteiger partial charge in [-0.1, -0.05) is 12.8 Å². The first kappa shape index (κ1) is 36.2. The van der Waals surface area contributed by atoms with Gasteiger partial charge in [0.25, 0.3) is 0 Å². The molecule has 4 aromatic heterocycles. The van der Waals surface area contributed by atoms with E-state index in [1.807, 2.05) is 7.05 Å². The number of aromatic nitrogens is 6. The number of fused-ring (bicyclic) bond motifs is 1. The summed E-state index contributed by atoms with van der Waals surface area (Å²) in [6.07, 6.45) is 2.98. The van der Waals surface area contributed by atoms with Gasteiger partial charge >= 0.3 is 12.1 Å². The third-order valence-corrected chi connectivity index (χ3v) is 9.75. The first-order chi connectivity index (χ1) is 24.4. The Balaban J connectivity index is 1.35. The van der Waals surface area contributed by atoms with Crippen molar-refractivity contribution in [2.75, 3.05) is 69.9 Å². The lowest BCUT2D eigenvalue weighted by atomic mass is 9.86. The second kappa shape index (κ2) is 15.0. The summed E-state index contributed by atoms with van der Waals surface area (Å²) >= 11 is 0. The first-order valence-electron chi connectivity index (χ1n) is 17.2. The lowest BCUT2D eigenvalue weighted by Crippen LogP contribution is -2.52. The van der Waals surface area contributed by atoms with E-state index in [1.54, 1.807) is 32.5 Å². The van der Waals surface area contributed by atoms with Crippen LogP contribution in [0.1, 0.15) is 51.6 Å². The van der Waals surface area contributed by atoms with Crippen LogP contribution in [0.15, 0.2) is 30.6 Å². The van der Waals surface area contributed by atoms with Gasteiger partial charge in [0.2, 0.25) is 5.88 Å². The standard InChI is InChI=1S/C35H44F3N9O4/c1-5-51-29-15-23(14-27(42-29)35(36,37)38)24-16-26(45(3)20-34(21-50-4)9-6-7-10-34)31-33(41-24)44-32(43-31)25-17-40-28(18-39-25)47-13-12-46(19-22(47)2)11-8-30(48)49/h14-18,22H,5-13,19-21H2,1-4H3,(H,48,49)(H,41,43,44)/t22-/m1/s1. The highest BCUT2D eigenvalue weighted by Gasteiger charge is 2.36. The van der Waals surface area contributed by atoms with Gasteiger partial charge in [-0.15, -0.1) is 0 Å². The van der Waals surface area contributed by atoms with E-state index in [0.717, 1.165) is 37.4 Å². The fourth-order valence-corrected chi connectivity index (χ4v) is 7.35. The van der Waals surface area contributed by atoms with Crippen LogP contribution in [0.4, 0.5) is 24.7 Å². The summed E-state index contributed by atoms with van der Waals surface area (Å²) in [5, 5.41) is 9.05. The second-order valence-corrected chi connectivity index (χ2v) is 13.6. The number of imidazole rings is 1. The number of anilines is 2. The Kier molecular flexibility index (Phi) is 10.6. The molecule has 0 aromatic carbocycles. The number of H-pyrrole nitrogens is 1. The van der Waals surface area contributed by atoms with E-state index in [2.05, 4.69) is 36.6 Å². The highest BCUT2D eigenvalue weighted by molar-refractivity contribution is 5.91. The zero-order valence-corrected chi connectivity index (χ0v) is 29.3. The van der Waals surface area contributed by atoms with Crippen LogP contribution in [-0.4, -0.2) is 112 Å². The van der Waals surface area contributed by atoms with Crippen molar-refractivity contribution in [3.8, 4) is 28.7 Å². The minimum absolute atomic E-state index is 0.0649. The average molecular weight is 712 g/mol. The molecule has 6 rings (SSSR count). The van der Waals surface area contributed by atoms with Crippen LogP contribution in [0.5, 0.6) is 5.88 Å². The summed E-state index contributed by atoms with van der Waals surface area (Å²) in [7, 11) is 3.67. The van der Waals surface area contributed by atoms with Gasteiger partial charge in [0.15, 0.2) is 11.5 Å². The van der Waals surface area contributed by atoms with E-state index in [4.69, 9.17) is 29.5 Å². The maximum Gasteiger partial charge on any atom is 0.433 e. The molecule has 0 unspecified atom stereocenters. The predicted octanol–water partition coefficient (Wildman–Crippen LogP) is 5.52. The van der Waals surface area contributed by atoms with Crippen molar-refractivity contribution in [1.82, 2.24) is 34.8 Å². The number of carboxylic acids is 1. The molecule has 51 heavy (non-hydrogen) atoms. The van der Waals surface area contributed by atoms with Gasteiger partial charge in [-0.3, -0.25) is 9.69 Å². The van der Waals surface area contributed by atoms with Crippen LogP contribution in [0.25, 0.3) is 33.9 Å². The van der Waals surface area contributed by atoms with Gasteiger partial charge in [0.1, 0.15) is 22.7 Å². The van der Waals surface area contributed by atoms with Crippen molar-refractivity contribution < 1.29 is 32.5 Å². The molecule has 0 spiro atoms. The van der Waals surface area contributed by atoms with Crippen LogP contribution < -0.4 is 14.5 Å². The number of rotatable bonds is 13. The largest absolute Gasteiger partial charge is 0.481 e.